The number of nitrogens with one attached hydrogen (secondary N) is 1. The first-order valence-electron chi connectivity index (χ1n) is 5.02. The van der Waals surface area contributed by atoms with Crippen LogP contribution >= 0.6 is 0 Å². The van der Waals surface area contributed by atoms with E-state index in [0.29, 0.717) is 23.6 Å². The molecule has 1 aromatic rings. The summed E-state index contributed by atoms with van der Waals surface area (Å²) in [4.78, 5) is 0. The van der Waals surface area contributed by atoms with Gasteiger partial charge in [-0.15, -0.1) is 0 Å². The highest BCUT2D eigenvalue weighted by Gasteiger charge is 2.03. The van der Waals surface area contributed by atoms with Gasteiger partial charge < -0.3 is 5.32 Å². The molecule has 0 saturated heterocycles. The maximum atomic E-state index is 13.3. The van der Waals surface area contributed by atoms with Gasteiger partial charge in [-0.05, 0) is 30.7 Å². The van der Waals surface area contributed by atoms with Crippen LogP contribution in [0, 0.1) is 23.1 Å². The molecule has 0 aliphatic carbocycles. The van der Waals surface area contributed by atoms with Crippen LogP contribution in [0.3, 0.4) is 0 Å². The van der Waals surface area contributed by atoms with Crippen LogP contribution in [0.15, 0.2) is 18.2 Å². The van der Waals surface area contributed by atoms with Crippen LogP contribution in [-0.2, 0) is 6.54 Å². The van der Waals surface area contributed by atoms with Crippen LogP contribution < -0.4 is 5.32 Å². The molecule has 0 unspecified atom stereocenters. The molecule has 0 atom stereocenters. The molecule has 15 heavy (non-hydrogen) atoms. The van der Waals surface area contributed by atoms with Crippen molar-refractivity contribution in [2.75, 3.05) is 6.54 Å². The molecule has 0 aliphatic heterocycles. The summed E-state index contributed by atoms with van der Waals surface area (Å²) in [6, 6.07) is 6.41. The third-order valence-corrected chi connectivity index (χ3v) is 2.04. The van der Waals surface area contributed by atoms with Gasteiger partial charge in [0.05, 0.1) is 11.6 Å². The van der Waals surface area contributed by atoms with E-state index < -0.39 is 0 Å². The smallest absolute Gasteiger partial charge is 0.127 e. The van der Waals surface area contributed by atoms with Crippen molar-refractivity contribution in [3.8, 4) is 6.07 Å². The Balaban J connectivity index is 2.64. The lowest BCUT2D eigenvalue weighted by atomic mass is 10.1. The number of halogens is 1. The molecular formula is C12H15FN2. The summed E-state index contributed by atoms with van der Waals surface area (Å²) in [6.07, 6.45) is 0. The van der Waals surface area contributed by atoms with E-state index in [9.17, 15) is 4.39 Å². The van der Waals surface area contributed by atoms with Crippen LogP contribution in [0.5, 0.6) is 0 Å². The molecule has 0 aliphatic rings. The van der Waals surface area contributed by atoms with E-state index in [1.54, 1.807) is 6.07 Å². The second-order valence-electron chi connectivity index (χ2n) is 3.94. The van der Waals surface area contributed by atoms with Gasteiger partial charge in [0, 0.05) is 12.1 Å². The number of benzene rings is 1. The molecule has 0 saturated carbocycles. The molecule has 2 nitrogen and oxygen atoms in total. The van der Waals surface area contributed by atoms with Crippen LogP contribution in [0.4, 0.5) is 4.39 Å². The van der Waals surface area contributed by atoms with Crippen molar-refractivity contribution < 1.29 is 4.39 Å². The highest BCUT2D eigenvalue weighted by Crippen LogP contribution is 2.09. The molecular weight excluding hydrogens is 191 g/mol. The Morgan fingerprint density at radius 2 is 2.20 bits per heavy atom. The van der Waals surface area contributed by atoms with Crippen LogP contribution in [0.2, 0.25) is 0 Å². The SMILES string of the molecule is CC(C)CNCc1cc(C#N)ccc1F. The average Bonchev–Trinajstić information content (AvgIpc) is 2.20. The first-order valence-corrected chi connectivity index (χ1v) is 5.02. The Bertz CT molecular complexity index is 366. The number of nitrogens with zero attached hydrogens (tertiary/aromatic N) is 1. The topological polar surface area (TPSA) is 35.8 Å². The van der Waals surface area contributed by atoms with Crippen molar-refractivity contribution in [3.05, 3.63) is 35.1 Å². The maximum absolute atomic E-state index is 13.3. The van der Waals surface area contributed by atoms with E-state index in [1.807, 2.05) is 6.07 Å². The van der Waals surface area contributed by atoms with Gasteiger partial charge in [-0.25, -0.2) is 4.39 Å². The highest BCUT2D eigenvalue weighted by molar-refractivity contribution is 5.33. The third-order valence-electron chi connectivity index (χ3n) is 2.04. The summed E-state index contributed by atoms with van der Waals surface area (Å²) in [5.74, 6) is 0.275. The molecule has 0 aromatic heterocycles. The fourth-order valence-corrected chi connectivity index (χ4v) is 1.28. The Kier molecular flexibility index (Phi) is 4.26. The summed E-state index contributed by atoms with van der Waals surface area (Å²) in [5, 5.41) is 11.8. The van der Waals surface area contributed by atoms with Crippen molar-refractivity contribution in [1.82, 2.24) is 5.32 Å². The van der Waals surface area contributed by atoms with Crippen molar-refractivity contribution in [2.24, 2.45) is 5.92 Å². The van der Waals surface area contributed by atoms with Crippen molar-refractivity contribution in [3.63, 3.8) is 0 Å². The Labute approximate surface area is 89.7 Å². The summed E-state index contributed by atoms with van der Waals surface area (Å²) in [6.45, 7) is 5.50. The van der Waals surface area contributed by atoms with Crippen LogP contribution in [0.25, 0.3) is 0 Å². The van der Waals surface area contributed by atoms with Gasteiger partial charge >= 0.3 is 0 Å². The summed E-state index contributed by atoms with van der Waals surface area (Å²) in [5.41, 5.74) is 1.05. The molecule has 0 spiro atoms. The minimum Gasteiger partial charge on any atom is -0.312 e. The minimum absolute atomic E-state index is 0.259. The molecule has 0 bridgehead atoms. The van der Waals surface area contributed by atoms with E-state index in [0.717, 1.165) is 6.54 Å². The first-order chi connectivity index (χ1) is 7.13. The number of hydrogen-bond donors (Lipinski definition) is 1. The lowest BCUT2D eigenvalue weighted by Crippen LogP contribution is -2.19. The lowest BCUT2D eigenvalue weighted by Gasteiger charge is -2.08. The molecule has 0 radical (unpaired) electrons. The summed E-state index contributed by atoms with van der Waals surface area (Å²) >= 11 is 0. The molecule has 1 aromatic carbocycles. The van der Waals surface area contributed by atoms with Gasteiger partial charge in [0.1, 0.15) is 5.82 Å². The second-order valence-corrected chi connectivity index (χ2v) is 3.94. The van der Waals surface area contributed by atoms with E-state index in [-0.39, 0.29) is 5.82 Å². The zero-order valence-electron chi connectivity index (χ0n) is 9.05. The van der Waals surface area contributed by atoms with Gasteiger partial charge in [0.15, 0.2) is 0 Å². The monoisotopic (exact) mass is 206 g/mol. The second kappa shape index (κ2) is 5.47. The minimum atomic E-state index is -0.259. The summed E-state index contributed by atoms with van der Waals surface area (Å²) in [7, 11) is 0. The fourth-order valence-electron chi connectivity index (χ4n) is 1.28. The van der Waals surface area contributed by atoms with Crippen LogP contribution in [0.1, 0.15) is 25.0 Å². The molecule has 80 valence electrons. The standard InChI is InChI=1S/C12H15FN2/c1-9(2)7-15-8-11-5-10(6-14)3-4-12(11)13/h3-5,9,15H,7-8H2,1-2H3. The lowest BCUT2D eigenvalue weighted by molar-refractivity contribution is 0.535. The van der Waals surface area contributed by atoms with Crippen molar-refractivity contribution >= 4 is 0 Å². The van der Waals surface area contributed by atoms with Crippen LogP contribution in [-0.4, -0.2) is 6.54 Å². The molecule has 1 rings (SSSR count). The first kappa shape index (κ1) is 11.7. The predicted molar refractivity (Wildman–Crippen MR) is 57.7 cm³/mol. The largest absolute Gasteiger partial charge is 0.312 e. The van der Waals surface area contributed by atoms with Gasteiger partial charge in [-0.1, -0.05) is 13.8 Å². The normalized spacial score (nSPS) is 10.3. The molecule has 3 heteroatoms. The van der Waals surface area contributed by atoms with E-state index >= 15 is 0 Å². The zero-order valence-corrected chi connectivity index (χ0v) is 9.05. The Morgan fingerprint density at radius 1 is 1.47 bits per heavy atom. The Morgan fingerprint density at radius 3 is 2.80 bits per heavy atom. The predicted octanol–water partition coefficient (Wildman–Crippen LogP) is 2.44. The quantitative estimate of drug-likeness (QED) is 0.821. The van der Waals surface area contributed by atoms with Crippen molar-refractivity contribution in [1.29, 1.82) is 5.26 Å². The van der Waals surface area contributed by atoms with E-state index in [2.05, 4.69) is 19.2 Å². The zero-order chi connectivity index (χ0) is 11.3. The Hall–Kier alpha value is -1.40. The molecule has 0 heterocycles. The number of rotatable bonds is 4. The molecule has 1 N–H and O–H groups in total. The third kappa shape index (κ3) is 3.69. The highest BCUT2D eigenvalue weighted by atomic mass is 19.1. The van der Waals surface area contributed by atoms with E-state index in [1.165, 1.54) is 12.1 Å². The van der Waals surface area contributed by atoms with Crippen molar-refractivity contribution in [2.45, 2.75) is 20.4 Å². The average molecular weight is 206 g/mol. The number of hydrogen-bond acceptors (Lipinski definition) is 2. The summed E-state index contributed by atoms with van der Waals surface area (Å²) < 4.78 is 13.3. The van der Waals surface area contributed by atoms with E-state index in [4.69, 9.17) is 5.26 Å². The molecule has 0 fully saturated rings. The number of nitriles is 1. The fraction of sp³-hybridized carbons (Fsp3) is 0.417. The maximum Gasteiger partial charge on any atom is 0.127 e. The van der Waals surface area contributed by atoms with Gasteiger partial charge in [-0.3, -0.25) is 0 Å². The van der Waals surface area contributed by atoms with Gasteiger partial charge in [0.2, 0.25) is 0 Å². The van der Waals surface area contributed by atoms with Gasteiger partial charge in [0.25, 0.3) is 0 Å². The van der Waals surface area contributed by atoms with Gasteiger partial charge in [-0.2, -0.15) is 5.26 Å². The molecule has 0 amide bonds.